The minimum atomic E-state index is -0.623. The Labute approximate surface area is 114 Å². The number of aromatic nitrogens is 3. The lowest BCUT2D eigenvalue weighted by Crippen LogP contribution is -2.08. The summed E-state index contributed by atoms with van der Waals surface area (Å²) in [5, 5.41) is 14.3. The smallest absolute Gasteiger partial charge is 0.212 e. The number of hydrogen-bond acceptors (Lipinski definition) is 4. The highest BCUT2D eigenvalue weighted by Crippen LogP contribution is 2.25. The van der Waals surface area contributed by atoms with Crippen LogP contribution in [-0.4, -0.2) is 27.0 Å². The van der Waals surface area contributed by atoms with Crippen molar-refractivity contribution in [1.82, 2.24) is 14.8 Å². The van der Waals surface area contributed by atoms with Crippen LogP contribution in [0.25, 0.3) is 0 Å². The maximum absolute atomic E-state index is 10.2. The number of pyridine rings is 1. The van der Waals surface area contributed by atoms with Gasteiger partial charge in [-0.15, -0.1) is 0 Å². The topological polar surface area (TPSA) is 60.2 Å². The van der Waals surface area contributed by atoms with E-state index < -0.39 is 6.10 Å². The van der Waals surface area contributed by atoms with Crippen molar-refractivity contribution in [3.05, 3.63) is 40.3 Å². The Hall–Kier alpha value is -1.40. The normalized spacial score (nSPS) is 12.4. The lowest BCUT2D eigenvalue weighted by molar-refractivity contribution is 0.167. The van der Waals surface area contributed by atoms with Crippen molar-refractivity contribution in [3.63, 3.8) is 0 Å². The molecular weight excluding hydrogens is 298 g/mol. The molecule has 1 N–H and O–H groups in total. The van der Waals surface area contributed by atoms with Crippen LogP contribution in [0.1, 0.15) is 17.4 Å². The van der Waals surface area contributed by atoms with Crippen molar-refractivity contribution in [1.29, 1.82) is 0 Å². The summed E-state index contributed by atoms with van der Waals surface area (Å²) in [5.74, 6) is 0.565. The van der Waals surface area contributed by atoms with E-state index in [1.54, 1.807) is 37.3 Å². The molecule has 2 aromatic rings. The minimum Gasteiger partial charge on any atom is -0.481 e. The van der Waals surface area contributed by atoms with Crippen LogP contribution in [0.2, 0.25) is 0 Å². The Bertz CT molecular complexity index is 505. The second-order valence-electron chi connectivity index (χ2n) is 3.93. The molecule has 1 unspecified atom stereocenters. The van der Waals surface area contributed by atoms with Gasteiger partial charge in [0.25, 0.3) is 0 Å². The molecule has 0 aliphatic carbocycles. The van der Waals surface area contributed by atoms with Gasteiger partial charge in [-0.1, -0.05) is 6.07 Å². The molecule has 0 aliphatic rings. The van der Waals surface area contributed by atoms with Crippen molar-refractivity contribution >= 4 is 15.9 Å². The van der Waals surface area contributed by atoms with Crippen LogP contribution in [0.4, 0.5) is 0 Å². The van der Waals surface area contributed by atoms with E-state index in [2.05, 4.69) is 26.0 Å². The van der Waals surface area contributed by atoms with Crippen LogP contribution >= 0.6 is 15.9 Å². The lowest BCUT2D eigenvalue weighted by atomic mass is 10.1. The number of aliphatic hydroxyl groups excluding tert-OH is 1. The van der Waals surface area contributed by atoms with Crippen LogP contribution in [0, 0.1) is 0 Å². The second kappa shape index (κ2) is 5.49. The first-order chi connectivity index (χ1) is 8.61. The van der Waals surface area contributed by atoms with Gasteiger partial charge < -0.3 is 9.84 Å². The Morgan fingerprint density at radius 2 is 2.22 bits per heavy atom. The van der Waals surface area contributed by atoms with E-state index in [-0.39, 0.29) is 0 Å². The Morgan fingerprint density at radius 1 is 1.44 bits per heavy atom. The zero-order valence-corrected chi connectivity index (χ0v) is 11.8. The Kier molecular flexibility index (Phi) is 3.98. The third-order valence-electron chi connectivity index (χ3n) is 2.69. The average molecular weight is 312 g/mol. The van der Waals surface area contributed by atoms with Gasteiger partial charge in [0.1, 0.15) is 6.10 Å². The Morgan fingerprint density at radius 3 is 2.72 bits per heavy atom. The highest BCUT2D eigenvalue weighted by Gasteiger charge is 2.16. The molecule has 18 heavy (non-hydrogen) atoms. The van der Waals surface area contributed by atoms with Crippen LogP contribution < -0.4 is 4.74 Å². The number of ether oxygens (including phenoxy) is 1. The van der Waals surface area contributed by atoms with E-state index in [1.165, 1.54) is 0 Å². The molecule has 0 saturated carbocycles. The summed E-state index contributed by atoms with van der Waals surface area (Å²) in [6.45, 7) is 0. The monoisotopic (exact) mass is 311 g/mol. The molecule has 0 radical (unpaired) electrons. The maximum atomic E-state index is 10.2. The van der Waals surface area contributed by atoms with Gasteiger partial charge in [0.05, 0.1) is 23.5 Å². The molecule has 6 heteroatoms. The van der Waals surface area contributed by atoms with Gasteiger partial charge in [-0.25, -0.2) is 4.98 Å². The Balaban J connectivity index is 2.13. The van der Waals surface area contributed by atoms with Crippen LogP contribution in [0.3, 0.4) is 0 Å². The molecule has 5 nitrogen and oxygen atoms in total. The van der Waals surface area contributed by atoms with Gasteiger partial charge in [-0.2, -0.15) is 5.10 Å². The van der Waals surface area contributed by atoms with Gasteiger partial charge in [-0.05, 0) is 21.5 Å². The summed E-state index contributed by atoms with van der Waals surface area (Å²) in [4.78, 5) is 4.11. The zero-order chi connectivity index (χ0) is 13.1. The first kappa shape index (κ1) is 13.0. The highest BCUT2D eigenvalue weighted by atomic mass is 79.9. The lowest BCUT2D eigenvalue weighted by Gasteiger charge is -2.12. The van der Waals surface area contributed by atoms with Crippen LogP contribution in [0.15, 0.2) is 29.0 Å². The maximum Gasteiger partial charge on any atom is 0.212 e. The number of methoxy groups -OCH3 is 1. The van der Waals surface area contributed by atoms with E-state index in [4.69, 9.17) is 4.74 Å². The molecule has 0 amide bonds. The van der Waals surface area contributed by atoms with Gasteiger partial charge in [0.15, 0.2) is 0 Å². The molecule has 0 aliphatic heterocycles. The summed E-state index contributed by atoms with van der Waals surface area (Å²) < 4.78 is 7.45. The number of rotatable bonds is 4. The fourth-order valence-corrected chi connectivity index (χ4v) is 2.38. The summed E-state index contributed by atoms with van der Waals surface area (Å²) in [7, 11) is 3.37. The second-order valence-corrected chi connectivity index (χ2v) is 4.78. The molecule has 2 rings (SSSR count). The summed E-state index contributed by atoms with van der Waals surface area (Å²) in [5.41, 5.74) is 1.70. The molecular formula is C12H14BrN3O2. The predicted octanol–water partition coefficient (Wildman–Crippen LogP) is 1.86. The minimum absolute atomic E-state index is 0.481. The molecule has 0 spiro atoms. The zero-order valence-electron chi connectivity index (χ0n) is 10.2. The van der Waals surface area contributed by atoms with Crippen molar-refractivity contribution < 1.29 is 9.84 Å². The summed E-state index contributed by atoms with van der Waals surface area (Å²) >= 11 is 3.37. The van der Waals surface area contributed by atoms with Crippen molar-refractivity contribution in [3.8, 4) is 5.88 Å². The number of aryl methyl sites for hydroxylation is 1. The third-order valence-corrected chi connectivity index (χ3v) is 3.30. The first-order valence-corrected chi connectivity index (χ1v) is 6.25. The highest BCUT2D eigenvalue weighted by molar-refractivity contribution is 9.10. The molecule has 0 fully saturated rings. The quantitative estimate of drug-likeness (QED) is 0.936. The van der Waals surface area contributed by atoms with E-state index in [0.29, 0.717) is 12.3 Å². The first-order valence-electron chi connectivity index (χ1n) is 5.46. The number of hydrogen-bond donors (Lipinski definition) is 1. The predicted molar refractivity (Wildman–Crippen MR) is 70.4 cm³/mol. The van der Waals surface area contributed by atoms with Crippen molar-refractivity contribution in [2.75, 3.05) is 7.11 Å². The van der Waals surface area contributed by atoms with Gasteiger partial charge in [0, 0.05) is 25.7 Å². The molecule has 0 saturated heterocycles. The van der Waals surface area contributed by atoms with E-state index in [9.17, 15) is 5.11 Å². The van der Waals surface area contributed by atoms with Gasteiger partial charge >= 0.3 is 0 Å². The SMILES string of the molecule is COc1ccc(CC(O)c2c(Br)cnn2C)cn1. The van der Waals surface area contributed by atoms with E-state index in [0.717, 1.165) is 15.7 Å². The van der Waals surface area contributed by atoms with Crippen molar-refractivity contribution in [2.24, 2.45) is 7.05 Å². The van der Waals surface area contributed by atoms with E-state index >= 15 is 0 Å². The average Bonchev–Trinajstić information content (AvgIpc) is 2.70. The number of nitrogens with zero attached hydrogens (tertiary/aromatic N) is 3. The summed E-state index contributed by atoms with van der Waals surface area (Å²) in [6, 6.07) is 3.67. The standard InChI is InChI=1S/C12H14BrN3O2/c1-16-12(9(13)7-15-16)10(17)5-8-3-4-11(18-2)14-6-8/h3-4,6-7,10,17H,5H2,1-2H3. The van der Waals surface area contributed by atoms with E-state index in [1.807, 2.05) is 6.07 Å². The number of halogens is 1. The van der Waals surface area contributed by atoms with Gasteiger partial charge in [-0.3, -0.25) is 4.68 Å². The molecule has 96 valence electrons. The van der Waals surface area contributed by atoms with Crippen molar-refractivity contribution in [2.45, 2.75) is 12.5 Å². The third kappa shape index (κ3) is 2.70. The molecule has 2 heterocycles. The largest absolute Gasteiger partial charge is 0.481 e. The summed E-state index contributed by atoms with van der Waals surface area (Å²) in [6.07, 6.45) is 3.23. The fraction of sp³-hybridized carbons (Fsp3) is 0.333. The van der Waals surface area contributed by atoms with Crippen LogP contribution in [0.5, 0.6) is 5.88 Å². The molecule has 0 bridgehead atoms. The fourth-order valence-electron chi connectivity index (χ4n) is 1.77. The molecule has 0 aromatic carbocycles. The molecule has 1 atom stereocenters. The number of aliphatic hydroxyl groups is 1. The molecule has 2 aromatic heterocycles. The van der Waals surface area contributed by atoms with Crippen LogP contribution in [-0.2, 0) is 13.5 Å². The van der Waals surface area contributed by atoms with Gasteiger partial charge in [0.2, 0.25) is 5.88 Å².